The first-order valence-electron chi connectivity index (χ1n) is 6.06. The van der Waals surface area contributed by atoms with Gasteiger partial charge in [0.2, 0.25) is 5.91 Å². The summed E-state index contributed by atoms with van der Waals surface area (Å²) in [5.41, 5.74) is 0. The van der Waals surface area contributed by atoms with Crippen LogP contribution < -0.4 is 10.6 Å². The maximum Gasteiger partial charge on any atom is 0.233 e. The maximum absolute atomic E-state index is 11.4. The number of carbonyl (C=O) groups is 1. The molecule has 0 bridgehead atoms. The van der Waals surface area contributed by atoms with Crippen LogP contribution in [-0.2, 0) is 18.3 Å². The lowest BCUT2D eigenvalue weighted by Crippen LogP contribution is -2.35. The Hall–Kier alpha value is -1.43. The minimum Gasteiger partial charge on any atom is -0.355 e. The van der Waals surface area contributed by atoms with E-state index in [0.717, 1.165) is 18.3 Å². The molecule has 1 heterocycles. The van der Waals surface area contributed by atoms with Gasteiger partial charge in [0, 0.05) is 20.0 Å². The van der Waals surface area contributed by atoms with E-state index in [1.807, 2.05) is 7.05 Å². The molecule has 1 aromatic rings. The van der Waals surface area contributed by atoms with Crippen molar-refractivity contribution in [2.24, 2.45) is 13.0 Å². The third-order valence-electron chi connectivity index (χ3n) is 2.73. The topological polar surface area (TPSA) is 71.8 Å². The van der Waals surface area contributed by atoms with Gasteiger partial charge in [-0.25, -0.2) is 4.98 Å². The van der Waals surface area contributed by atoms with Crippen molar-refractivity contribution in [1.29, 1.82) is 0 Å². The molecule has 1 fully saturated rings. The van der Waals surface area contributed by atoms with Crippen molar-refractivity contribution in [3.8, 4) is 0 Å². The fourth-order valence-corrected chi connectivity index (χ4v) is 1.59. The Morgan fingerprint density at radius 1 is 1.59 bits per heavy atom. The minimum absolute atomic E-state index is 0.0431. The Morgan fingerprint density at radius 2 is 2.41 bits per heavy atom. The molecule has 0 spiro atoms. The van der Waals surface area contributed by atoms with Crippen molar-refractivity contribution in [1.82, 2.24) is 25.4 Å². The van der Waals surface area contributed by atoms with Gasteiger partial charge >= 0.3 is 0 Å². The number of carbonyl (C=O) groups excluding carboxylic acids is 1. The van der Waals surface area contributed by atoms with E-state index in [4.69, 9.17) is 0 Å². The molecule has 0 aromatic carbocycles. The van der Waals surface area contributed by atoms with Gasteiger partial charge in [0.1, 0.15) is 6.33 Å². The second-order valence-corrected chi connectivity index (χ2v) is 4.51. The Bertz CT molecular complexity index is 372. The smallest absolute Gasteiger partial charge is 0.233 e. The Labute approximate surface area is 101 Å². The highest BCUT2D eigenvalue weighted by Gasteiger charge is 2.20. The van der Waals surface area contributed by atoms with Crippen molar-refractivity contribution >= 4 is 5.91 Å². The molecule has 94 valence electrons. The average molecular weight is 237 g/mol. The SMILES string of the molecule is Cn1cnc(CCNC(=O)CNCC2CC2)n1. The van der Waals surface area contributed by atoms with Crippen LogP contribution in [0.4, 0.5) is 0 Å². The zero-order valence-electron chi connectivity index (χ0n) is 10.1. The predicted molar refractivity (Wildman–Crippen MR) is 63.3 cm³/mol. The summed E-state index contributed by atoms with van der Waals surface area (Å²) in [5.74, 6) is 1.61. The number of hydrogen-bond acceptors (Lipinski definition) is 4. The van der Waals surface area contributed by atoms with Gasteiger partial charge in [-0.2, -0.15) is 5.10 Å². The van der Waals surface area contributed by atoms with Crippen molar-refractivity contribution in [3.63, 3.8) is 0 Å². The zero-order chi connectivity index (χ0) is 12.1. The summed E-state index contributed by atoms with van der Waals surface area (Å²) in [6.45, 7) is 1.97. The number of aromatic nitrogens is 3. The second kappa shape index (κ2) is 5.77. The van der Waals surface area contributed by atoms with Crippen molar-refractivity contribution in [3.05, 3.63) is 12.2 Å². The molecule has 2 N–H and O–H groups in total. The van der Waals surface area contributed by atoms with Crippen molar-refractivity contribution < 1.29 is 4.79 Å². The first-order valence-corrected chi connectivity index (χ1v) is 6.06. The molecule has 0 saturated heterocycles. The molecule has 1 aliphatic rings. The van der Waals surface area contributed by atoms with Gasteiger partial charge < -0.3 is 10.6 Å². The Morgan fingerprint density at radius 3 is 3.06 bits per heavy atom. The Balaban J connectivity index is 1.53. The summed E-state index contributed by atoms with van der Waals surface area (Å²) < 4.78 is 1.66. The molecular weight excluding hydrogens is 218 g/mol. The molecule has 1 saturated carbocycles. The highest BCUT2D eigenvalue weighted by atomic mass is 16.1. The molecule has 17 heavy (non-hydrogen) atoms. The minimum atomic E-state index is 0.0431. The number of amides is 1. The molecule has 0 atom stereocenters. The average Bonchev–Trinajstić information content (AvgIpc) is 3.02. The summed E-state index contributed by atoms with van der Waals surface area (Å²) in [4.78, 5) is 15.5. The lowest BCUT2D eigenvalue weighted by molar-refractivity contribution is -0.120. The second-order valence-electron chi connectivity index (χ2n) is 4.51. The molecule has 2 rings (SSSR count). The third kappa shape index (κ3) is 4.52. The first-order chi connectivity index (χ1) is 8.24. The fourth-order valence-electron chi connectivity index (χ4n) is 1.59. The van der Waals surface area contributed by atoms with Crippen LogP contribution in [0, 0.1) is 5.92 Å². The standard InChI is InChI=1S/C11H19N5O/c1-16-8-14-10(15-16)4-5-13-11(17)7-12-6-9-2-3-9/h8-9,12H,2-7H2,1H3,(H,13,17). The Kier molecular flexibility index (Phi) is 4.08. The summed E-state index contributed by atoms with van der Waals surface area (Å²) in [7, 11) is 1.83. The van der Waals surface area contributed by atoms with Crippen molar-refractivity contribution in [2.75, 3.05) is 19.6 Å². The maximum atomic E-state index is 11.4. The van der Waals surface area contributed by atoms with E-state index in [2.05, 4.69) is 20.7 Å². The highest BCUT2D eigenvalue weighted by molar-refractivity contribution is 5.77. The van der Waals surface area contributed by atoms with E-state index in [-0.39, 0.29) is 5.91 Å². The largest absolute Gasteiger partial charge is 0.355 e. The molecule has 0 unspecified atom stereocenters. The van der Waals surface area contributed by atoms with Crippen LogP contribution in [0.1, 0.15) is 18.7 Å². The molecule has 0 radical (unpaired) electrons. The molecular formula is C11H19N5O. The number of rotatable bonds is 7. The summed E-state index contributed by atoms with van der Waals surface area (Å²) in [6.07, 6.45) is 4.95. The normalized spacial score (nSPS) is 14.9. The predicted octanol–water partition coefficient (Wildman–Crippen LogP) is -0.527. The van der Waals surface area contributed by atoms with Gasteiger partial charge in [-0.05, 0) is 25.3 Å². The first kappa shape index (κ1) is 12.0. The van der Waals surface area contributed by atoms with Crippen LogP contribution in [-0.4, -0.2) is 40.3 Å². The van der Waals surface area contributed by atoms with Crippen LogP contribution >= 0.6 is 0 Å². The van der Waals surface area contributed by atoms with Crippen LogP contribution in [0.2, 0.25) is 0 Å². The van der Waals surface area contributed by atoms with Gasteiger partial charge in [0.05, 0.1) is 6.54 Å². The van der Waals surface area contributed by atoms with E-state index in [1.165, 1.54) is 12.8 Å². The summed E-state index contributed by atoms with van der Waals surface area (Å²) in [5, 5.41) is 10.1. The quantitative estimate of drug-likeness (QED) is 0.669. The lowest BCUT2D eigenvalue weighted by Gasteiger charge is -2.04. The third-order valence-corrected chi connectivity index (χ3v) is 2.73. The molecule has 1 aromatic heterocycles. The van der Waals surface area contributed by atoms with E-state index in [9.17, 15) is 4.79 Å². The number of nitrogens with one attached hydrogen (secondary N) is 2. The van der Waals surface area contributed by atoms with Crippen LogP contribution in [0.25, 0.3) is 0 Å². The highest BCUT2D eigenvalue weighted by Crippen LogP contribution is 2.27. The van der Waals surface area contributed by atoms with Crippen molar-refractivity contribution in [2.45, 2.75) is 19.3 Å². The zero-order valence-corrected chi connectivity index (χ0v) is 10.1. The molecule has 6 nitrogen and oxygen atoms in total. The van der Waals surface area contributed by atoms with Gasteiger partial charge in [-0.3, -0.25) is 9.48 Å². The van der Waals surface area contributed by atoms with Gasteiger partial charge in [-0.15, -0.1) is 0 Å². The molecule has 0 aliphatic heterocycles. The number of nitrogens with zero attached hydrogens (tertiary/aromatic N) is 3. The monoisotopic (exact) mass is 237 g/mol. The molecule has 6 heteroatoms. The van der Waals surface area contributed by atoms with E-state index >= 15 is 0 Å². The van der Waals surface area contributed by atoms with Gasteiger partial charge in [-0.1, -0.05) is 0 Å². The number of aryl methyl sites for hydroxylation is 1. The van der Waals surface area contributed by atoms with Gasteiger partial charge in [0.25, 0.3) is 0 Å². The van der Waals surface area contributed by atoms with Gasteiger partial charge in [0.15, 0.2) is 5.82 Å². The molecule has 1 amide bonds. The van der Waals surface area contributed by atoms with E-state index in [0.29, 0.717) is 19.5 Å². The fraction of sp³-hybridized carbons (Fsp3) is 0.727. The summed E-state index contributed by atoms with van der Waals surface area (Å²) in [6, 6.07) is 0. The van der Waals surface area contributed by atoms with Crippen LogP contribution in [0.5, 0.6) is 0 Å². The van der Waals surface area contributed by atoms with Crippen LogP contribution in [0.15, 0.2) is 6.33 Å². The van der Waals surface area contributed by atoms with E-state index in [1.54, 1.807) is 11.0 Å². The van der Waals surface area contributed by atoms with Crippen LogP contribution in [0.3, 0.4) is 0 Å². The summed E-state index contributed by atoms with van der Waals surface area (Å²) >= 11 is 0. The van der Waals surface area contributed by atoms with E-state index < -0.39 is 0 Å². The number of hydrogen-bond donors (Lipinski definition) is 2. The molecule has 1 aliphatic carbocycles. The lowest BCUT2D eigenvalue weighted by atomic mass is 10.4.